The van der Waals surface area contributed by atoms with Crippen LogP contribution in [0.4, 0.5) is 14.5 Å². The predicted octanol–water partition coefficient (Wildman–Crippen LogP) is 4.94. The van der Waals surface area contributed by atoms with E-state index in [-0.39, 0.29) is 5.91 Å². The number of nitrogens with zero attached hydrogens (tertiary/aromatic N) is 2. The molecule has 0 radical (unpaired) electrons. The number of fused-ring (bicyclic) bond motifs is 1. The topological polar surface area (TPSA) is 23.6 Å². The molecule has 5 heteroatoms. The van der Waals surface area contributed by atoms with E-state index < -0.39 is 11.6 Å². The minimum Gasteiger partial charge on any atom is -0.312 e. The summed E-state index contributed by atoms with van der Waals surface area (Å²) in [7, 11) is 0. The molecule has 1 fully saturated rings. The van der Waals surface area contributed by atoms with Crippen LogP contribution in [0.25, 0.3) is 0 Å². The molecule has 1 saturated heterocycles. The van der Waals surface area contributed by atoms with Crippen molar-refractivity contribution >= 4 is 11.6 Å². The number of benzene rings is 2. The molecule has 29 heavy (non-hydrogen) atoms. The predicted molar refractivity (Wildman–Crippen MR) is 111 cm³/mol. The molecule has 4 rings (SSSR count). The maximum atomic E-state index is 13.4. The average molecular weight is 398 g/mol. The molecular weight excluding hydrogens is 370 g/mol. The average Bonchev–Trinajstić information content (AvgIpc) is 2.73. The Morgan fingerprint density at radius 1 is 0.966 bits per heavy atom. The Kier molecular flexibility index (Phi) is 6.24. The van der Waals surface area contributed by atoms with Crippen LogP contribution in [0.1, 0.15) is 43.2 Å². The fraction of sp³-hybridized carbons (Fsp3) is 0.458. The number of amides is 1. The number of carbonyl (C=O) groups excluding carboxylic acids is 1. The van der Waals surface area contributed by atoms with Crippen LogP contribution in [-0.2, 0) is 17.8 Å². The third kappa shape index (κ3) is 4.84. The zero-order chi connectivity index (χ0) is 20.2. The maximum Gasteiger partial charge on any atom is 0.227 e. The van der Waals surface area contributed by atoms with Gasteiger partial charge in [-0.25, -0.2) is 8.78 Å². The molecule has 2 aliphatic rings. The normalized spacial score (nSPS) is 18.1. The highest BCUT2D eigenvalue weighted by Gasteiger charge is 2.24. The standard InChI is InChI=1S/C24H28F2N2O/c25-21-9-7-19(16-22(21)26)17-27-14-11-18(12-15-27)4-3-13-28-23-6-2-1-5-20(23)8-10-24(28)29/h1-2,5-7,9,16,18H,3-4,8,10-15,17H2. The molecule has 0 N–H and O–H groups in total. The van der Waals surface area contributed by atoms with Gasteiger partial charge in [-0.15, -0.1) is 0 Å². The summed E-state index contributed by atoms with van der Waals surface area (Å²) < 4.78 is 26.5. The molecule has 3 nitrogen and oxygen atoms in total. The van der Waals surface area contributed by atoms with Crippen molar-refractivity contribution in [2.75, 3.05) is 24.5 Å². The Bertz CT molecular complexity index is 862. The van der Waals surface area contributed by atoms with Gasteiger partial charge in [0.25, 0.3) is 0 Å². The van der Waals surface area contributed by atoms with Crippen molar-refractivity contribution in [1.82, 2.24) is 4.90 Å². The quantitative estimate of drug-likeness (QED) is 0.688. The number of hydrogen-bond acceptors (Lipinski definition) is 2. The van der Waals surface area contributed by atoms with Gasteiger partial charge in [0.2, 0.25) is 5.91 Å². The van der Waals surface area contributed by atoms with Gasteiger partial charge >= 0.3 is 0 Å². The van der Waals surface area contributed by atoms with Crippen LogP contribution < -0.4 is 4.90 Å². The number of likely N-dealkylation sites (tertiary alicyclic amines) is 1. The maximum absolute atomic E-state index is 13.4. The number of hydrogen-bond donors (Lipinski definition) is 0. The molecule has 0 unspecified atom stereocenters. The van der Waals surface area contributed by atoms with Gasteiger partial charge in [0.1, 0.15) is 0 Å². The van der Waals surface area contributed by atoms with E-state index in [2.05, 4.69) is 17.0 Å². The van der Waals surface area contributed by atoms with Gasteiger partial charge in [-0.05, 0) is 80.4 Å². The Morgan fingerprint density at radius 3 is 2.55 bits per heavy atom. The van der Waals surface area contributed by atoms with E-state index in [0.29, 0.717) is 18.9 Å². The fourth-order valence-electron chi connectivity index (χ4n) is 4.61. The van der Waals surface area contributed by atoms with Crippen molar-refractivity contribution in [2.24, 2.45) is 5.92 Å². The molecule has 0 aromatic heterocycles. The molecule has 0 saturated carbocycles. The number of carbonyl (C=O) groups is 1. The van der Waals surface area contributed by atoms with E-state index in [1.54, 1.807) is 6.07 Å². The second kappa shape index (κ2) is 9.04. The lowest BCUT2D eigenvalue weighted by atomic mass is 9.91. The van der Waals surface area contributed by atoms with Gasteiger partial charge in [0.15, 0.2) is 11.6 Å². The number of rotatable bonds is 6. The largest absolute Gasteiger partial charge is 0.312 e. The van der Waals surface area contributed by atoms with Gasteiger partial charge in [-0.2, -0.15) is 0 Å². The summed E-state index contributed by atoms with van der Waals surface area (Å²) in [5, 5.41) is 0. The third-order valence-electron chi connectivity index (χ3n) is 6.28. The molecule has 2 aliphatic heterocycles. The van der Waals surface area contributed by atoms with Gasteiger partial charge < -0.3 is 4.90 Å². The Morgan fingerprint density at radius 2 is 1.76 bits per heavy atom. The minimum atomic E-state index is -0.790. The van der Waals surface area contributed by atoms with Crippen LogP contribution in [0.15, 0.2) is 42.5 Å². The highest BCUT2D eigenvalue weighted by atomic mass is 19.2. The first-order valence-corrected chi connectivity index (χ1v) is 10.6. The summed E-state index contributed by atoms with van der Waals surface area (Å²) in [5.41, 5.74) is 3.19. The van der Waals surface area contributed by atoms with Crippen LogP contribution in [0.3, 0.4) is 0 Å². The summed E-state index contributed by atoms with van der Waals surface area (Å²) in [6.45, 7) is 3.43. The Hall–Kier alpha value is -2.27. The molecule has 0 bridgehead atoms. The van der Waals surface area contributed by atoms with E-state index in [1.807, 2.05) is 17.0 Å². The van der Waals surface area contributed by atoms with Crippen LogP contribution in [0, 0.1) is 17.6 Å². The number of anilines is 1. The number of aryl methyl sites for hydroxylation is 1. The van der Waals surface area contributed by atoms with Gasteiger partial charge in [0.05, 0.1) is 0 Å². The van der Waals surface area contributed by atoms with E-state index in [0.717, 1.165) is 63.0 Å². The van der Waals surface area contributed by atoms with Crippen LogP contribution >= 0.6 is 0 Å². The SMILES string of the molecule is O=C1CCc2ccccc2N1CCCC1CCN(Cc2ccc(F)c(F)c2)CC1. The summed E-state index contributed by atoms with van der Waals surface area (Å²) in [5.74, 6) is -0.648. The number of halogens is 2. The van der Waals surface area contributed by atoms with E-state index in [1.165, 1.54) is 17.7 Å². The first-order valence-electron chi connectivity index (χ1n) is 10.6. The lowest BCUT2D eigenvalue weighted by molar-refractivity contribution is -0.118. The monoisotopic (exact) mass is 398 g/mol. The van der Waals surface area contributed by atoms with Crippen molar-refractivity contribution in [2.45, 2.75) is 45.1 Å². The Labute approximate surface area is 171 Å². The lowest BCUT2D eigenvalue weighted by Crippen LogP contribution is -2.36. The van der Waals surface area contributed by atoms with Crippen LogP contribution in [0.2, 0.25) is 0 Å². The molecule has 0 atom stereocenters. The molecule has 2 aromatic rings. The highest BCUT2D eigenvalue weighted by Crippen LogP contribution is 2.29. The van der Waals surface area contributed by atoms with Crippen molar-refractivity contribution in [3.05, 3.63) is 65.2 Å². The zero-order valence-electron chi connectivity index (χ0n) is 16.7. The molecule has 1 amide bonds. The van der Waals surface area contributed by atoms with Crippen molar-refractivity contribution < 1.29 is 13.6 Å². The smallest absolute Gasteiger partial charge is 0.227 e. The second-order valence-electron chi connectivity index (χ2n) is 8.28. The summed E-state index contributed by atoms with van der Waals surface area (Å²) in [6, 6.07) is 12.4. The fourth-order valence-corrected chi connectivity index (χ4v) is 4.61. The van der Waals surface area contributed by atoms with E-state index in [9.17, 15) is 13.6 Å². The molecule has 0 aliphatic carbocycles. The van der Waals surface area contributed by atoms with E-state index >= 15 is 0 Å². The molecule has 2 aromatic carbocycles. The van der Waals surface area contributed by atoms with Crippen LogP contribution in [0.5, 0.6) is 0 Å². The number of para-hydroxylation sites is 1. The number of piperidine rings is 1. The van der Waals surface area contributed by atoms with Crippen molar-refractivity contribution in [3.63, 3.8) is 0 Å². The molecular formula is C24H28F2N2O. The van der Waals surface area contributed by atoms with Crippen molar-refractivity contribution in [3.8, 4) is 0 Å². The van der Waals surface area contributed by atoms with Crippen LogP contribution in [-0.4, -0.2) is 30.4 Å². The Balaban J connectivity index is 1.22. The molecule has 2 heterocycles. The summed E-state index contributed by atoms with van der Waals surface area (Å²) >= 11 is 0. The highest BCUT2D eigenvalue weighted by molar-refractivity contribution is 5.96. The first-order chi connectivity index (χ1) is 14.1. The third-order valence-corrected chi connectivity index (χ3v) is 6.28. The summed E-state index contributed by atoms with van der Waals surface area (Å²) in [4.78, 5) is 16.7. The van der Waals surface area contributed by atoms with Gasteiger partial charge in [-0.3, -0.25) is 9.69 Å². The molecule has 0 spiro atoms. The van der Waals surface area contributed by atoms with Gasteiger partial charge in [-0.1, -0.05) is 24.3 Å². The van der Waals surface area contributed by atoms with Crippen molar-refractivity contribution in [1.29, 1.82) is 0 Å². The zero-order valence-corrected chi connectivity index (χ0v) is 16.7. The van der Waals surface area contributed by atoms with Gasteiger partial charge in [0, 0.05) is 25.2 Å². The molecule has 154 valence electrons. The second-order valence-corrected chi connectivity index (χ2v) is 8.28. The summed E-state index contributed by atoms with van der Waals surface area (Å²) in [6.07, 6.45) is 5.85. The first kappa shape index (κ1) is 20.0. The lowest BCUT2D eigenvalue weighted by Gasteiger charge is -2.33. The van der Waals surface area contributed by atoms with E-state index in [4.69, 9.17) is 0 Å². The minimum absolute atomic E-state index is 0.241.